The SMILES string of the molecule is COc1ccc(C(N)=S)cc1OCCOc1ccc(C)cc1C(C)(C)C. The predicted molar refractivity (Wildman–Crippen MR) is 110 cm³/mol. The lowest BCUT2D eigenvalue weighted by atomic mass is 9.85. The van der Waals surface area contributed by atoms with Crippen LogP contribution in [0.25, 0.3) is 0 Å². The summed E-state index contributed by atoms with van der Waals surface area (Å²) in [5, 5.41) is 0. The van der Waals surface area contributed by atoms with Crippen LogP contribution in [0.5, 0.6) is 17.2 Å². The predicted octanol–water partition coefficient (Wildman–Crippen LogP) is 4.39. The Balaban J connectivity index is 2.04. The van der Waals surface area contributed by atoms with E-state index in [0.717, 1.165) is 11.3 Å². The quantitative estimate of drug-likeness (QED) is 0.576. The minimum Gasteiger partial charge on any atom is -0.493 e. The van der Waals surface area contributed by atoms with Crippen molar-refractivity contribution in [3.8, 4) is 17.2 Å². The van der Waals surface area contributed by atoms with Crippen LogP contribution in [-0.4, -0.2) is 25.3 Å². The second-order valence-electron chi connectivity index (χ2n) is 7.18. The largest absolute Gasteiger partial charge is 0.493 e. The van der Waals surface area contributed by atoms with Gasteiger partial charge in [0, 0.05) is 5.56 Å². The molecule has 0 unspecified atom stereocenters. The van der Waals surface area contributed by atoms with Gasteiger partial charge in [-0.1, -0.05) is 50.7 Å². The molecule has 0 bridgehead atoms. The molecule has 2 N–H and O–H groups in total. The number of thiocarbonyl (C=S) groups is 1. The molecule has 0 fully saturated rings. The first-order valence-corrected chi connectivity index (χ1v) is 8.98. The van der Waals surface area contributed by atoms with Gasteiger partial charge in [0.05, 0.1) is 7.11 Å². The molecule has 0 saturated carbocycles. The van der Waals surface area contributed by atoms with Gasteiger partial charge in [-0.15, -0.1) is 0 Å². The Morgan fingerprint density at radius 1 is 0.962 bits per heavy atom. The van der Waals surface area contributed by atoms with E-state index < -0.39 is 0 Å². The van der Waals surface area contributed by atoms with E-state index in [4.69, 9.17) is 32.2 Å². The fourth-order valence-electron chi connectivity index (χ4n) is 2.60. The van der Waals surface area contributed by atoms with Gasteiger partial charge in [-0.05, 0) is 42.2 Å². The van der Waals surface area contributed by atoms with E-state index in [1.807, 2.05) is 12.1 Å². The molecule has 0 heterocycles. The van der Waals surface area contributed by atoms with Crippen LogP contribution in [-0.2, 0) is 5.41 Å². The summed E-state index contributed by atoms with van der Waals surface area (Å²) in [6.07, 6.45) is 0. The van der Waals surface area contributed by atoms with Crippen LogP contribution in [0, 0.1) is 6.92 Å². The highest BCUT2D eigenvalue weighted by atomic mass is 32.1. The summed E-state index contributed by atoms with van der Waals surface area (Å²) >= 11 is 5.02. The van der Waals surface area contributed by atoms with Gasteiger partial charge in [0.1, 0.15) is 24.0 Å². The van der Waals surface area contributed by atoms with Crippen LogP contribution in [0.2, 0.25) is 0 Å². The van der Waals surface area contributed by atoms with Crippen LogP contribution in [0.1, 0.15) is 37.5 Å². The van der Waals surface area contributed by atoms with Gasteiger partial charge in [0.25, 0.3) is 0 Å². The van der Waals surface area contributed by atoms with E-state index in [-0.39, 0.29) is 5.41 Å². The first-order chi connectivity index (χ1) is 12.2. The molecule has 0 aliphatic heterocycles. The highest BCUT2D eigenvalue weighted by Gasteiger charge is 2.19. The summed E-state index contributed by atoms with van der Waals surface area (Å²) in [5.74, 6) is 2.12. The number of hydrogen-bond acceptors (Lipinski definition) is 4. The molecule has 4 nitrogen and oxygen atoms in total. The molecular weight excluding hydrogens is 346 g/mol. The van der Waals surface area contributed by atoms with Gasteiger partial charge in [-0.25, -0.2) is 0 Å². The first kappa shape index (κ1) is 20.0. The third-order valence-corrected chi connectivity index (χ3v) is 4.23. The van der Waals surface area contributed by atoms with Crippen molar-refractivity contribution in [3.63, 3.8) is 0 Å². The highest BCUT2D eigenvalue weighted by Crippen LogP contribution is 2.32. The van der Waals surface area contributed by atoms with E-state index >= 15 is 0 Å². The molecule has 0 saturated heterocycles. The number of ether oxygens (including phenoxy) is 3. The number of benzene rings is 2. The van der Waals surface area contributed by atoms with Crippen molar-refractivity contribution in [1.82, 2.24) is 0 Å². The molecule has 2 aromatic carbocycles. The molecular formula is C21H27NO3S. The molecule has 0 amide bonds. The van der Waals surface area contributed by atoms with Gasteiger partial charge in [-0.2, -0.15) is 0 Å². The summed E-state index contributed by atoms with van der Waals surface area (Å²) in [6.45, 7) is 9.43. The maximum absolute atomic E-state index is 5.98. The number of rotatable bonds is 7. The molecule has 140 valence electrons. The molecule has 0 spiro atoms. The fraction of sp³-hybridized carbons (Fsp3) is 0.381. The molecule has 26 heavy (non-hydrogen) atoms. The van der Waals surface area contributed by atoms with Crippen molar-refractivity contribution < 1.29 is 14.2 Å². The minimum atomic E-state index is 0.0105. The topological polar surface area (TPSA) is 53.7 Å². The van der Waals surface area contributed by atoms with Gasteiger partial charge < -0.3 is 19.9 Å². The summed E-state index contributed by atoms with van der Waals surface area (Å²) in [4.78, 5) is 0.322. The zero-order valence-electron chi connectivity index (χ0n) is 16.1. The lowest BCUT2D eigenvalue weighted by molar-refractivity contribution is 0.208. The average molecular weight is 374 g/mol. The standard InChI is InChI=1S/C21H27NO3S/c1-14-6-8-17(16(12-14)21(2,3)4)24-10-11-25-19-13-15(20(22)26)7-9-18(19)23-5/h6-9,12-13H,10-11H2,1-5H3,(H2,22,26). The number of methoxy groups -OCH3 is 1. The second-order valence-corrected chi connectivity index (χ2v) is 7.62. The van der Waals surface area contributed by atoms with E-state index in [2.05, 4.69) is 39.8 Å². The highest BCUT2D eigenvalue weighted by molar-refractivity contribution is 7.80. The summed E-state index contributed by atoms with van der Waals surface area (Å²) in [6, 6.07) is 11.6. The number of hydrogen-bond donors (Lipinski definition) is 1. The van der Waals surface area contributed by atoms with Gasteiger partial charge in [0.15, 0.2) is 11.5 Å². The molecule has 5 heteroatoms. The van der Waals surface area contributed by atoms with Gasteiger partial charge in [-0.3, -0.25) is 0 Å². The van der Waals surface area contributed by atoms with Crippen molar-refractivity contribution in [2.45, 2.75) is 33.1 Å². The van der Waals surface area contributed by atoms with E-state index in [1.54, 1.807) is 19.2 Å². The van der Waals surface area contributed by atoms with Gasteiger partial charge in [0.2, 0.25) is 0 Å². The second kappa shape index (κ2) is 8.41. The third kappa shape index (κ3) is 5.11. The zero-order chi connectivity index (χ0) is 19.3. The first-order valence-electron chi connectivity index (χ1n) is 8.57. The van der Waals surface area contributed by atoms with Crippen molar-refractivity contribution in [2.24, 2.45) is 5.73 Å². The molecule has 0 radical (unpaired) electrons. The molecule has 2 rings (SSSR count). The Hall–Kier alpha value is -2.27. The molecule has 2 aromatic rings. The van der Waals surface area contributed by atoms with Crippen LogP contribution >= 0.6 is 12.2 Å². The number of nitrogens with two attached hydrogens (primary N) is 1. The molecule has 0 atom stereocenters. The van der Waals surface area contributed by atoms with Crippen LogP contribution < -0.4 is 19.9 Å². The van der Waals surface area contributed by atoms with Crippen molar-refractivity contribution in [2.75, 3.05) is 20.3 Å². The van der Waals surface area contributed by atoms with E-state index in [0.29, 0.717) is 29.7 Å². The van der Waals surface area contributed by atoms with Crippen LogP contribution in [0.4, 0.5) is 0 Å². The van der Waals surface area contributed by atoms with Crippen LogP contribution in [0.15, 0.2) is 36.4 Å². The normalized spacial score (nSPS) is 11.1. The fourth-order valence-corrected chi connectivity index (χ4v) is 2.73. The third-order valence-electron chi connectivity index (χ3n) is 3.99. The maximum atomic E-state index is 5.98. The smallest absolute Gasteiger partial charge is 0.162 e. The average Bonchev–Trinajstić information content (AvgIpc) is 2.58. The van der Waals surface area contributed by atoms with E-state index in [1.165, 1.54) is 11.1 Å². The van der Waals surface area contributed by atoms with Crippen molar-refractivity contribution in [1.29, 1.82) is 0 Å². The Bertz CT molecular complexity index is 781. The Labute approximate surface area is 161 Å². The Morgan fingerprint density at radius 3 is 2.15 bits per heavy atom. The lowest BCUT2D eigenvalue weighted by Gasteiger charge is -2.23. The Kier molecular flexibility index (Phi) is 6.48. The molecule has 0 aliphatic rings. The minimum absolute atomic E-state index is 0.0105. The summed E-state index contributed by atoms with van der Waals surface area (Å²) in [7, 11) is 1.60. The lowest BCUT2D eigenvalue weighted by Crippen LogP contribution is -2.16. The van der Waals surface area contributed by atoms with Crippen LogP contribution in [0.3, 0.4) is 0 Å². The number of aryl methyl sites for hydroxylation is 1. The van der Waals surface area contributed by atoms with E-state index in [9.17, 15) is 0 Å². The van der Waals surface area contributed by atoms with Gasteiger partial charge >= 0.3 is 0 Å². The Morgan fingerprint density at radius 2 is 1.58 bits per heavy atom. The van der Waals surface area contributed by atoms with Crippen molar-refractivity contribution in [3.05, 3.63) is 53.1 Å². The summed E-state index contributed by atoms with van der Waals surface area (Å²) < 4.78 is 17.1. The monoisotopic (exact) mass is 373 g/mol. The molecule has 0 aliphatic carbocycles. The summed E-state index contributed by atoms with van der Waals surface area (Å²) in [5.41, 5.74) is 8.84. The van der Waals surface area contributed by atoms with Crippen molar-refractivity contribution >= 4 is 17.2 Å². The maximum Gasteiger partial charge on any atom is 0.162 e. The zero-order valence-corrected chi connectivity index (χ0v) is 16.9. The molecule has 0 aromatic heterocycles.